The van der Waals surface area contributed by atoms with Crippen molar-refractivity contribution in [2.45, 2.75) is 24.6 Å². The molecule has 2 aliphatic carbocycles. The summed E-state index contributed by atoms with van der Waals surface area (Å²) < 4.78 is 1.13. The molecule has 0 aliphatic heterocycles. The minimum absolute atomic E-state index is 0.228. The van der Waals surface area contributed by atoms with E-state index in [2.05, 4.69) is 40.2 Å². The maximum Gasteiger partial charge on any atom is 0.0613 e. The molecule has 0 amide bonds. The van der Waals surface area contributed by atoms with Gasteiger partial charge in [0.1, 0.15) is 0 Å². The molecule has 0 spiro atoms. The SMILES string of the molecule is ClC(c1ccc(Br)cc1)C1CC2CC2C1. The number of hydrogen-bond donors (Lipinski definition) is 0. The first-order chi connectivity index (χ1) is 7.24. The Balaban J connectivity index is 1.73. The van der Waals surface area contributed by atoms with Crippen LogP contribution in [0.5, 0.6) is 0 Å². The summed E-state index contributed by atoms with van der Waals surface area (Å²) in [6, 6.07) is 8.46. The summed E-state index contributed by atoms with van der Waals surface area (Å²) in [5.41, 5.74) is 1.28. The van der Waals surface area contributed by atoms with Crippen LogP contribution >= 0.6 is 27.5 Å². The summed E-state index contributed by atoms with van der Waals surface area (Å²) in [5, 5.41) is 0.228. The zero-order chi connectivity index (χ0) is 10.4. The topological polar surface area (TPSA) is 0 Å². The van der Waals surface area contributed by atoms with Gasteiger partial charge in [0.15, 0.2) is 0 Å². The predicted octanol–water partition coefficient (Wildman–Crippen LogP) is 4.78. The van der Waals surface area contributed by atoms with E-state index in [1.165, 1.54) is 24.8 Å². The Morgan fingerprint density at radius 1 is 1.07 bits per heavy atom. The lowest BCUT2D eigenvalue weighted by atomic mass is 9.94. The summed E-state index contributed by atoms with van der Waals surface area (Å²) in [5.74, 6) is 2.76. The highest BCUT2D eigenvalue weighted by Crippen LogP contribution is 2.58. The average molecular weight is 286 g/mol. The van der Waals surface area contributed by atoms with E-state index in [1.54, 1.807) is 0 Å². The van der Waals surface area contributed by atoms with Crippen LogP contribution in [0.15, 0.2) is 28.7 Å². The largest absolute Gasteiger partial charge is 0.118 e. The van der Waals surface area contributed by atoms with Crippen LogP contribution in [-0.4, -0.2) is 0 Å². The maximum absolute atomic E-state index is 6.54. The summed E-state index contributed by atoms with van der Waals surface area (Å²) in [7, 11) is 0. The van der Waals surface area contributed by atoms with Crippen molar-refractivity contribution in [3.8, 4) is 0 Å². The molecule has 0 bridgehead atoms. The highest BCUT2D eigenvalue weighted by Gasteiger charge is 2.47. The fourth-order valence-electron chi connectivity index (χ4n) is 2.92. The molecule has 0 heterocycles. The molecule has 0 radical (unpaired) electrons. The fraction of sp³-hybridized carbons (Fsp3) is 0.538. The molecule has 1 aromatic rings. The van der Waals surface area contributed by atoms with E-state index in [4.69, 9.17) is 11.6 Å². The van der Waals surface area contributed by atoms with E-state index in [9.17, 15) is 0 Å². The van der Waals surface area contributed by atoms with Gasteiger partial charge < -0.3 is 0 Å². The van der Waals surface area contributed by atoms with E-state index in [0.717, 1.165) is 22.2 Å². The molecule has 3 atom stereocenters. The zero-order valence-electron chi connectivity index (χ0n) is 8.50. The minimum Gasteiger partial charge on any atom is -0.118 e. The van der Waals surface area contributed by atoms with Gasteiger partial charge in [-0.1, -0.05) is 28.1 Å². The van der Waals surface area contributed by atoms with Gasteiger partial charge in [-0.25, -0.2) is 0 Å². The Morgan fingerprint density at radius 3 is 2.27 bits per heavy atom. The molecule has 3 rings (SSSR count). The molecule has 2 aliphatic rings. The highest BCUT2D eigenvalue weighted by atomic mass is 79.9. The van der Waals surface area contributed by atoms with Gasteiger partial charge >= 0.3 is 0 Å². The number of alkyl halides is 1. The van der Waals surface area contributed by atoms with Crippen molar-refractivity contribution in [1.29, 1.82) is 0 Å². The van der Waals surface area contributed by atoms with Crippen LogP contribution in [-0.2, 0) is 0 Å². The van der Waals surface area contributed by atoms with E-state index >= 15 is 0 Å². The second-order valence-electron chi connectivity index (χ2n) is 4.94. The Kier molecular flexibility index (Phi) is 2.56. The van der Waals surface area contributed by atoms with E-state index in [1.807, 2.05) is 0 Å². The molecule has 0 aromatic heterocycles. The van der Waals surface area contributed by atoms with Gasteiger partial charge in [0.05, 0.1) is 5.38 Å². The van der Waals surface area contributed by atoms with Gasteiger partial charge in [-0.3, -0.25) is 0 Å². The number of fused-ring (bicyclic) bond motifs is 1. The fourth-order valence-corrected chi connectivity index (χ4v) is 3.53. The Morgan fingerprint density at radius 2 is 1.67 bits per heavy atom. The van der Waals surface area contributed by atoms with Crippen LogP contribution in [0, 0.1) is 17.8 Å². The molecule has 0 N–H and O–H groups in total. The second-order valence-corrected chi connectivity index (χ2v) is 6.33. The number of hydrogen-bond acceptors (Lipinski definition) is 0. The van der Waals surface area contributed by atoms with Gasteiger partial charge in [-0.15, -0.1) is 11.6 Å². The zero-order valence-corrected chi connectivity index (χ0v) is 10.8. The smallest absolute Gasteiger partial charge is 0.0613 e. The van der Waals surface area contributed by atoms with Crippen molar-refractivity contribution < 1.29 is 0 Å². The molecule has 3 unspecified atom stereocenters. The van der Waals surface area contributed by atoms with Crippen LogP contribution in [0.2, 0.25) is 0 Å². The number of benzene rings is 1. The summed E-state index contributed by atoms with van der Waals surface area (Å²) in [6.45, 7) is 0. The number of halogens is 2. The van der Waals surface area contributed by atoms with E-state index in [-0.39, 0.29) is 5.38 Å². The molecule has 1 aromatic carbocycles. The molecular formula is C13H14BrCl. The monoisotopic (exact) mass is 284 g/mol. The third-order valence-corrected chi connectivity index (χ3v) is 5.02. The Bertz CT molecular complexity index is 349. The first-order valence-electron chi connectivity index (χ1n) is 5.63. The van der Waals surface area contributed by atoms with Crippen LogP contribution in [0.25, 0.3) is 0 Å². The molecule has 15 heavy (non-hydrogen) atoms. The first kappa shape index (κ1) is 10.2. The lowest BCUT2D eigenvalue weighted by molar-refractivity contribution is 0.471. The highest BCUT2D eigenvalue weighted by molar-refractivity contribution is 9.10. The van der Waals surface area contributed by atoms with Gasteiger partial charge in [0.25, 0.3) is 0 Å². The van der Waals surface area contributed by atoms with Crippen LogP contribution in [0.1, 0.15) is 30.2 Å². The van der Waals surface area contributed by atoms with Gasteiger partial charge in [0.2, 0.25) is 0 Å². The van der Waals surface area contributed by atoms with Crippen LogP contribution in [0.3, 0.4) is 0 Å². The summed E-state index contributed by atoms with van der Waals surface area (Å²) in [6.07, 6.45) is 4.18. The van der Waals surface area contributed by atoms with Crippen LogP contribution in [0.4, 0.5) is 0 Å². The second kappa shape index (κ2) is 3.78. The number of rotatable bonds is 2. The van der Waals surface area contributed by atoms with Crippen LogP contribution < -0.4 is 0 Å². The van der Waals surface area contributed by atoms with E-state index in [0.29, 0.717) is 0 Å². The lowest BCUT2D eigenvalue weighted by Crippen LogP contribution is -2.05. The predicted molar refractivity (Wildman–Crippen MR) is 67.1 cm³/mol. The summed E-state index contributed by atoms with van der Waals surface area (Å²) in [4.78, 5) is 0. The molecule has 0 nitrogen and oxygen atoms in total. The molecule has 2 heteroatoms. The van der Waals surface area contributed by atoms with Crippen molar-refractivity contribution >= 4 is 27.5 Å². The normalized spacial score (nSPS) is 34.9. The average Bonchev–Trinajstić information content (AvgIpc) is 2.86. The Labute approximate surface area is 104 Å². The van der Waals surface area contributed by atoms with Gasteiger partial charge in [-0.2, -0.15) is 0 Å². The third kappa shape index (κ3) is 1.97. The van der Waals surface area contributed by atoms with Crippen molar-refractivity contribution in [2.75, 3.05) is 0 Å². The standard InChI is InChI=1S/C13H14BrCl/c14-12-3-1-8(2-4-12)13(15)11-6-9-5-10(9)7-11/h1-4,9-11,13H,5-7H2. The first-order valence-corrected chi connectivity index (χ1v) is 6.86. The van der Waals surface area contributed by atoms with Gasteiger partial charge in [-0.05, 0) is 54.7 Å². The van der Waals surface area contributed by atoms with Crippen molar-refractivity contribution in [3.05, 3.63) is 34.3 Å². The van der Waals surface area contributed by atoms with Crippen molar-refractivity contribution in [1.82, 2.24) is 0 Å². The van der Waals surface area contributed by atoms with E-state index < -0.39 is 0 Å². The molecule has 2 fully saturated rings. The Hall–Kier alpha value is -0.0100. The van der Waals surface area contributed by atoms with Crippen molar-refractivity contribution in [3.63, 3.8) is 0 Å². The maximum atomic E-state index is 6.54. The molecular weight excluding hydrogens is 272 g/mol. The quantitative estimate of drug-likeness (QED) is 0.686. The summed E-state index contributed by atoms with van der Waals surface area (Å²) >= 11 is 9.99. The lowest BCUT2D eigenvalue weighted by Gasteiger charge is -2.18. The third-order valence-electron chi connectivity index (χ3n) is 3.88. The molecule has 80 valence electrons. The molecule has 0 saturated heterocycles. The minimum atomic E-state index is 0.228. The van der Waals surface area contributed by atoms with Gasteiger partial charge in [0, 0.05) is 4.47 Å². The molecule has 2 saturated carbocycles. The van der Waals surface area contributed by atoms with Crippen molar-refractivity contribution in [2.24, 2.45) is 17.8 Å².